The molecule has 1 aromatic heterocycles. The normalized spacial score (nSPS) is 12.0. The zero-order valence-corrected chi connectivity index (χ0v) is 12.0. The second kappa shape index (κ2) is 7.04. The maximum Gasteiger partial charge on any atom is 0.161 e. The number of halogens is 1. The predicted molar refractivity (Wildman–Crippen MR) is 77.0 cm³/mol. The molecule has 1 unspecified atom stereocenters. The Kier molecular flexibility index (Phi) is 5.11. The first kappa shape index (κ1) is 15.3. The lowest BCUT2D eigenvalue weighted by Gasteiger charge is -2.15. The molecule has 0 spiro atoms. The molecule has 2 aromatic rings. The third-order valence-electron chi connectivity index (χ3n) is 2.91. The van der Waals surface area contributed by atoms with E-state index in [-0.39, 0.29) is 0 Å². The van der Waals surface area contributed by atoms with Crippen LogP contribution in [0.3, 0.4) is 0 Å². The molecule has 112 valence electrons. The Hall–Kier alpha value is -2.14. The molecule has 5 heteroatoms. The Labute approximate surface area is 123 Å². The van der Waals surface area contributed by atoms with Crippen LogP contribution in [0.25, 0.3) is 0 Å². The Bertz CT molecular complexity index is 587. The van der Waals surface area contributed by atoms with E-state index >= 15 is 0 Å². The van der Waals surface area contributed by atoms with Gasteiger partial charge in [-0.25, -0.2) is 4.39 Å². The number of rotatable bonds is 6. The van der Waals surface area contributed by atoms with Crippen molar-refractivity contribution in [1.82, 2.24) is 4.98 Å². The fourth-order valence-corrected chi connectivity index (χ4v) is 1.96. The highest BCUT2D eigenvalue weighted by Gasteiger charge is 2.15. The average Bonchev–Trinajstić information content (AvgIpc) is 2.49. The number of aliphatic hydroxyl groups excluding tert-OH is 1. The molecule has 0 amide bonds. The van der Waals surface area contributed by atoms with Crippen molar-refractivity contribution >= 4 is 0 Å². The van der Waals surface area contributed by atoms with E-state index < -0.39 is 11.9 Å². The summed E-state index contributed by atoms with van der Waals surface area (Å²) in [4.78, 5) is 3.89. The van der Waals surface area contributed by atoms with E-state index in [0.29, 0.717) is 36.0 Å². The number of aromatic nitrogens is 1. The Morgan fingerprint density at radius 3 is 2.43 bits per heavy atom. The molecule has 21 heavy (non-hydrogen) atoms. The number of hydrogen-bond acceptors (Lipinski definition) is 4. The number of pyridine rings is 1. The van der Waals surface area contributed by atoms with Gasteiger partial charge in [0.2, 0.25) is 0 Å². The summed E-state index contributed by atoms with van der Waals surface area (Å²) in [5.41, 5.74) is 0.990. The summed E-state index contributed by atoms with van der Waals surface area (Å²) >= 11 is 0. The van der Waals surface area contributed by atoms with E-state index in [1.807, 2.05) is 13.8 Å². The Morgan fingerprint density at radius 2 is 1.81 bits per heavy atom. The van der Waals surface area contributed by atoms with Crippen molar-refractivity contribution in [3.8, 4) is 11.5 Å². The lowest BCUT2D eigenvalue weighted by molar-refractivity contribution is 0.213. The summed E-state index contributed by atoms with van der Waals surface area (Å²) in [6.45, 7) is 4.79. The second-order valence-electron chi connectivity index (χ2n) is 4.38. The molecule has 0 aliphatic heterocycles. The van der Waals surface area contributed by atoms with E-state index in [1.54, 1.807) is 18.2 Å². The monoisotopic (exact) mass is 291 g/mol. The standard InChI is InChI=1S/C16H18FNO3/c1-3-20-14-8-5-11(9-15(14)21-4-2)16(19)13-7-6-12(17)10-18-13/h5-10,16,19H,3-4H2,1-2H3. The molecule has 1 aromatic carbocycles. The van der Waals surface area contributed by atoms with Crippen molar-refractivity contribution in [1.29, 1.82) is 0 Å². The fraction of sp³-hybridized carbons (Fsp3) is 0.312. The molecule has 2 rings (SSSR count). The molecular weight excluding hydrogens is 273 g/mol. The third kappa shape index (κ3) is 3.70. The lowest BCUT2D eigenvalue weighted by atomic mass is 10.1. The van der Waals surface area contributed by atoms with Gasteiger partial charge in [0.05, 0.1) is 25.1 Å². The summed E-state index contributed by atoms with van der Waals surface area (Å²) in [6.07, 6.45) is 0.136. The van der Waals surface area contributed by atoms with Crippen LogP contribution in [-0.2, 0) is 0 Å². The van der Waals surface area contributed by atoms with Gasteiger partial charge >= 0.3 is 0 Å². The zero-order chi connectivity index (χ0) is 15.2. The van der Waals surface area contributed by atoms with Crippen LogP contribution >= 0.6 is 0 Å². The largest absolute Gasteiger partial charge is 0.490 e. The quantitative estimate of drug-likeness (QED) is 0.888. The summed E-state index contributed by atoms with van der Waals surface area (Å²) < 4.78 is 23.9. The summed E-state index contributed by atoms with van der Waals surface area (Å²) in [5, 5.41) is 10.3. The van der Waals surface area contributed by atoms with Gasteiger partial charge in [-0.2, -0.15) is 0 Å². The van der Waals surface area contributed by atoms with E-state index in [4.69, 9.17) is 9.47 Å². The predicted octanol–water partition coefficient (Wildman–Crippen LogP) is 3.10. The maximum atomic E-state index is 12.9. The molecule has 0 bridgehead atoms. The molecule has 4 nitrogen and oxygen atoms in total. The minimum absolute atomic E-state index is 0.378. The Balaban J connectivity index is 2.30. The maximum absolute atomic E-state index is 12.9. The smallest absolute Gasteiger partial charge is 0.161 e. The van der Waals surface area contributed by atoms with E-state index in [1.165, 1.54) is 12.1 Å². The summed E-state index contributed by atoms with van der Waals surface area (Å²) in [7, 11) is 0. The second-order valence-corrected chi connectivity index (χ2v) is 4.38. The van der Waals surface area contributed by atoms with E-state index in [0.717, 1.165) is 6.20 Å². The van der Waals surface area contributed by atoms with Crippen LogP contribution in [0.2, 0.25) is 0 Å². The van der Waals surface area contributed by atoms with Gasteiger partial charge in [0, 0.05) is 0 Å². The van der Waals surface area contributed by atoms with Gasteiger partial charge < -0.3 is 14.6 Å². The van der Waals surface area contributed by atoms with Crippen LogP contribution in [0.1, 0.15) is 31.2 Å². The molecule has 0 aliphatic rings. The molecular formula is C16H18FNO3. The van der Waals surface area contributed by atoms with Crippen molar-refractivity contribution in [2.75, 3.05) is 13.2 Å². The molecule has 0 fully saturated rings. The number of benzene rings is 1. The molecule has 1 atom stereocenters. The average molecular weight is 291 g/mol. The molecule has 1 heterocycles. The number of ether oxygens (including phenoxy) is 2. The summed E-state index contributed by atoms with van der Waals surface area (Å²) in [6, 6.07) is 7.92. The van der Waals surface area contributed by atoms with Gasteiger partial charge in [-0.3, -0.25) is 4.98 Å². The van der Waals surface area contributed by atoms with Crippen molar-refractivity contribution in [2.45, 2.75) is 20.0 Å². The lowest BCUT2D eigenvalue weighted by Crippen LogP contribution is -2.04. The Morgan fingerprint density at radius 1 is 1.10 bits per heavy atom. The first-order valence-corrected chi connectivity index (χ1v) is 6.84. The number of nitrogens with zero attached hydrogens (tertiary/aromatic N) is 1. The third-order valence-corrected chi connectivity index (χ3v) is 2.91. The van der Waals surface area contributed by atoms with Gasteiger partial charge in [-0.1, -0.05) is 6.07 Å². The molecule has 0 aliphatic carbocycles. The van der Waals surface area contributed by atoms with Gasteiger partial charge in [0.1, 0.15) is 11.9 Å². The van der Waals surface area contributed by atoms with Crippen LogP contribution in [0, 0.1) is 5.82 Å². The highest BCUT2D eigenvalue weighted by Crippen LogP contribution is 2.32. The zero-order valence-electron chi connectivity index (χ0n) is 12.0. The van der Waals surface area contributed by atoms with E-state index in [2.05, 4.69) is 4.98 Å². The first-order chi connectivity index (χ1) is 10.2. The number of aliphatic hydroxyl groups is 1. The van der Waals surface area contributed by atoms with Crippen molar-refractivity contribution in [2.24, 2.45) is 0 Å². The molecule has 0 saturated heterocycles. The van der Waals surface area contributed by atoms with E-state index in [9.17, 15) is 9.50 Å². The molecule has 0 saturated carbocycles. The van der Waals surface area contributed by atoms with Crippen LogP contribution in [0.5, 0.6) is 11.5 Å². The minimum atomic E-state index is -0.944. The van der Waals surface area contributed by atoms with Crippen LogP contribution in [0.4, 0.5) is 4.39 Å². The topological polar surface area (TPSA) is 51.6 Å². The van der Waals surface area contributed by atoms with Crippen LogP contribution in [0.15, 0.2) is 36.5 Å². The highest BCUT2D eigenvalue weighted by atomic mass is 19.1. The first-order valence-electron chi connectivity index (χ1n) is 6.84. The van der Waals surface area contributed by atoms with Crippen LogP contribution < -0.4 is 9.47 Å². The van der Waals surface area contributed by atoms with Gasteiger partial charge in [0.25, 0.3) is 0 Å². The summed E-state index contributed by atoms with van der Waals surface area (Å²) in [5.74, 6) is 0.757. The SMILES string of the molecule is CCOc1ccc(C(O)c2ccc(F)cn2)cc1OCC. The number of hydrogen-bond donors (Lipinski definition) is 1. The van der Waals surface area contributed by atoms with Gasteiger partial charge in [0.15, 0.2) is 11.5 Å². The molecule has 0 radical (unpaired) electrons. The van der Waals surface area contributed by atoms with Gasteiger partial charge in [-0.15, -0.1) is 0 Å². The van der Waals surface area contributed by atoms with Crippen molar-refractivity contribution in [3.05, 3.63) is 53.6 Å². The van der Waals surface area contributed by atoms with Crippen LogP contribution in [-0.4, -0.2) is 23.3 Å². The van der Waals surface area contributed by atoms with Gasteiger partial charge in [-0.05, 0) is 43.7 Å². The minimum Gasteiger partial charge on any atom is -0.490 e. The van der Waals surface area contributed by atoms with Crippen molar-refractivity contribution < 1.29 is 19.0 Å². The molecule has 1 N–H and O–H groups in total. The fourth-order valence-electron chi connectivity index (χ4n) is 1.96. The van der Waals surface area contributed by atoms with Crippen molar-refractivity contribution in [3.63, 3.8) is 0 Å². The highest BCUT2D eigenvalue weighted by molar-refractivity contribution is 5.44.